The standard InChI is InChI=1S/C31H29N3O2S/c1-3-34-28-15-8-7-14-26(28)27-20-24(16-17-29(27)34)33-31(36)21(2)37-25-13-9-12-23(19-25)32-30(35)18-22-10-5-4-6-11-22/h4-17,19-21H,3,18H2,1-2H3,(H,32,35)(H,33,36). The van der Waals surface area contributed by atoms with E-state index in [4.69, 9.17) is 0 Å². The van der Waals surface area contributed by atoms with Crippen LogP contribution in [0.3, 0.4) is 0 Å². The number of aryl methyl sites for hydroxylation is 1. The van der Waals surface area contributed by atoms with Crippen LogP contribution in [0.15, 0.2) is 102 Å². The molecule has 0 spiro atoms. The molecular formula is C31H29N3O2S. The zero-order chi connectivity index (χ0) is 25.8. The van der Waals surface area contributed by atoms with Crippen molar-refractivity contribution in [3.05, 3.63) is 103 Å². The molecule has 37 heavy (non-hydrogen) atoms. The number of hydrogen-bond donors (Lipinski definition) is 2. The Morgan fingerprint density at radius 2 is 1.51 bits per heavy atom. The van der Waals surface area contributed by atoms with Crippen molar-refractivity contribution >= 4 is 56.8 Å². The number of thioether (sulfide) groups is 1. The van der Waals surface area contributed by atoms with Crippen molar-refractivity contribution in [1.29, 1.82) is 0 Å². The molecule has 1 aromatic heterocycles. The van der Waals surface area contributed by atoms with Gasteiger partial charge in [-0.05, 0) is 61.9 Å². The van der Waals surface area contributed by atoms with E-state index in [1.54, 1.807) is 0 Å². The summed E-state index contributed by atoms with van der Waals surface area (Å²) in [6.45, 7) is 4.92. The molecule has 0 aliphatic rings. The van der Waals surface area contributed by atoms with Crippen molar-refractivity contribution in [2.24, 2.45) is 0 Å². The van der Waals surface area contributed by atoms with Crippen LogP contribution < -0.4 is 10.6 Å². The number of amides is 2. The Morgan fingerprint density at radius 3 is 2.32 bits per heavy atom. The molecular weight excluding hydrogens is 478 g/mol. The van der Waals surface area contributed by atoms with Crippen LogP contribution in [-0.4, -0.2) is 21.6 Å². The number of fused-ring (bicyclic) bond motifs is 3. The maximum absolute atomic E-state index is 13.0. The lowest BCUT2D eigenvalue weighted by Crippen LogP contribution is -2.22. The lowest BCUT2D eigenvalue weighted by Gasteiger charge is -2.13. The lowest BCUT2D eigenvalue weighted by atomic mass is 10.1. The van der Waals surface area contributed by atoms with Crippen molar-refractivity contribution in [2.45, 2.75) is 37.0 Å². The molecule has 0 radical (unpaired) electrons. The number of nitrogens with one attached hydrogen (secondary N) is 2. The second-order valence-corrected chi connectivity index (χ2v) is 10.4. The van der Waals surface area contributed by atoms with E-state index < -0.39 is 0 Å². The van der Waals surface area contributed by atoms with Gasteiger partial charge in [0.15, 0.2) is 0 Å². The van der Waals surface area contributed by atoms with E-state index in [-0.39, 0.29) is 17.1 Å². The van der Waals surface area contributed by atoms with Gasteiger partial charge in [0.05, 0.1) is 11.7 Å². The summed E-state index contributed by atoms with van der Waals surface area (Å²) in [5.74, 6) is -0.138. The molecule has 5 rings (SSSR count). The molecule has 6 heteroatoms. The zero-order valence-electron chi connectivity index (χ0n) is 20.9. The fourth-order valence-electron chi connectivity index (χ4n) is 4.61. The van der Waals surface area contributed by atoms with Gasteiger partial charge in [0.25, 0.3) is 0 Å². The minimum absolute atomic E-state index is 0.0675. The Labute approximate surface area is 220 Å². The Hall–Kier alpha value is -4.03. The van der Waals surface area contributed by atoms with Crippen LogP contribution in [-0.2, 0) is 22.6 Å². The number of benzene rings is 4. The third kappa shape index (κ3) is 5.54. The van der Waals surface area contributed by atoms with Crippen molar-refractivity contribution in [1.82, 2.24) is 4.57 Å². The van der Waals surface area contributed by atoms with Crippen LogP contribution in [0.1, 0.15) is 19.4 Å². The molecule has 186 valence electrons. The van der Waals surface area contributed by atoms with E-state index in [2.05, 4.69) is 52.5 Å². The second kappa shape index (κ2) is 10.9. The third-order valence-electron chi connectivity index (χ3n) is 6.36. The number of carbonyl (C=O) groups excluding carboxylic acids is 2. The molecule has 1 heterocycles. The molecule has 0 saturated heterocycles. The summed E-state index contributed by atoms with van der Waals surface area (Å²) in [6, 6.07) is 31.7. The molecule has 0 fully saturated rings. The van der Waals surface area contributed by atoms with Crippen LogP contribution >= 0.6 is 11.8 Å². The predicted octanol–water partition coefficient (Wildman–Crippen LogP) is 7.11. The average molecular weight is 508 g/mol. The van der Waals surface area contributed by atoms with Gasteiger partial charge in [0.1, 0.15) is 0 Å². The number of anilines is 2. The Bertz CT molecular complexity index is 1580. The summed E-state index contributed by atoms with van der Waals surface area (Å²) >= 11 is 1.46. The Kier molecular flexibility index (Phi) is 7.28. The largest absolute Gasteiger partial charge is 0.341 e. The van der Waals surface area contributed by atoms with Crippen molar-refractivity contribution in [3.63, 3.8) is 0 Å². The molecule has 1 unspecified atom stereocenters. The highest BCUT2D eigenvalue weighted by Crippen LogP contribution is 2.32. The van der Waals surface area contributed by atoms with Gasteiger partial charge >= 0.3 is 0 Å². The van der Waals surface area contributed by atoms with E-state index in [1.165, 1.54) is 22.7 Å². The van der Waals surface area contributed by atoms with Gasteiger partial charge in [-0.15, -0.1) is 11.8 Å². The summed E-state index contributed by atoms with van der Waals surface area (Å²) in [7, 11) is 0. The Balaban J connectivity index is 1.25. The molecule has 5 nitrogen and oxygen atoms in total. The topological polar surface area (TPSA) is 63.1 Å². The number of para-hydroxylation sites is 1. The normalized spacial score (nSPS) is 11.9. The second-order valence-electron chi connectivity index (χ2n) is 8.98. The molecule has 4 aromatic carbocycles. The van der Waals surface area contributed by atoms with Gasteiger partial charge < -0.3 is 15.2 Å². The highest BCUT2D eigenvalue weighted by atomic mass is 32.2. The quantitative estimate of drug-likeness (QED) is 0.220. The summed E-state index contributed by atoms with van der Waals surface area (Å²) in [6.07, 6.45) is 0.318. The lowest BCUT2D eigenvalue weighted by molar-refractivity contribution is -0.116. The molecule has 2 amide bonds. The molecule has 0 saturated carbocycles. The van der Waals surface area contributed by atoms with E-state index in [9.17, 15) is 9.59 Å². The molecule has 1 atom stereocenters. The predicted molar refractivity (Wildman–Crippen MR) is 154 cm³/mol. The molecule has 0 bridgehead atoms. The summed E-state index contributed by atoms with van der Waals surface area (Å²) in [4.78, 5) is 26.4. The first-order valence-corrected chi connectivity index (χ1v) is 13.3. The number of nitrogens with zero attached hydrogens (tertiary/aromatic N) is 1. The molecule has 0 aliphatic carbocycles. The van der Waals surface area contributed by atoms with Gasteiger partial charge in [0.2, 0.25) is 11.8 Å². The molecule has 5 aromatic rings. The van der Waals surface area contributed by atoms with Crippen molar-refractivity contribution in [3.8, 4) is 0 Å². The minimum Gasteiger partial charge on any atom is -0.341 e. The maximum atomic E-state index is 13.0. The smallest absolute Gasteiger partial charge is 0.237 e. The summed E-state index contributed by atoms with van der Waals surface area (Å²) in [5, 5.41) is 8.04. The third-order valence-corrected chi connectivity index (χ3v) is 7.46. The minimum atomic E-state index is -0.317. The monoisotopic (exact) mass is 507 g/mol. The highest BCUT2D eigenvalue weighted by molar-refractivity contribution is 8.00. The van der Waals surface area contributed by atoms with Crippen molar-refractivity contribution in [2.75, 3.05) is 10.6 Å². The van der Waals surface area contributed by atoms with Crippen LogP contribution in [0.4, 0.5) is 11.4 Å². The first-order valence-electron chi connectivity index (χ1n) is 12.4. The number of hydrogen-bond acceptors (Lipinski definition) is 3. The van der Waals surface area contributed by atoms with Crippen LogP contribution in [0.2, 0.25) is 0 Å². The van der Waals surface area contributed by atoms with Crippen molar-refractivity contribution < 1.29 is 9.59 Å². The Morgan fingerprint density at radius 1 is 0.784 bits per heavy atom. The van der Waals surface area contributed by atoms with Gasteiger partial charge in [0, 0.05) is 44.6 Å². The fraction of sp³-hybridized carbons (Fsp3) is 0.161. The fourth-order valence-corrected chi connectivity index (χ4v) is 5.53. The van der Waals surface area contributed by atoms with Crippen LogP contribution in [0.25, 0.3) is 21.8 Å². The highest BCUT2D eigenvalue weighted by Gasteiger charge is 2.17. The summed E-state index contributed by atoms with van der Waals surface area (Å²) in [5.41, 5.74) is 4.83. The zero-order valence-corrected chi connectivity index (χ0v) is 21.7. The van der Waals surface area contributed by atoms with E-state index in [0.29, 0.717) is 6.42 Å². The number of carbonyl (C=O) groups is 2. The van der Waals surface area contributed by atoms with Gasteiger partial charge in [-0.1, -0.05) is 54.6 Å². The molecule has 2 N–H and O–H groups in total. The average Bonchev–Trinajstić information content (AvgIpc) is 3.22. The van der Waals surface area contributed by atoms with Gasteiger partial charge in [-0.25, -0.2) is 0 Å². The number of aromatic nitrogens is 1. The van der Waals surface area contributed by atoms with E-state index in [0.717, 1.165) is 39.3 Å². The van der Waals surface area contributed by atoms with E-state index in [1.807, 2.05) is 73.7 Å². The maximum Gasteiger partial charge on any atom is 0.237 e. The van der Waals surface area contributed by atoms with Crippen LogP contribution in [0, 0.1) is 0 Å². The SMILES string of the molecule is CCn1c2ccccc2c2cc(NC(=O)C(C)Sc3cccc(NC(=O)Cc4ccccc4)c3)ccc21. The first kappa shape index (κ1) is 24.7. The molecule has 0 aliphatic heterocycles. The van der Waals surface area contributed by atoms with E-state index >= 15 is 0 Å². The number of rotatable bonds is 8. The first-order chi connectivity index (χ1) is 18.0. The van der Waals surface area contributed by atoms with Gasteiger partial charge in [-0.3, -0.25) is 9.59 Å². The van der Waals surface area contributed by atoms with Gasteiger partial charge in [-0.2, -0.15) is 0 Å². The summed E-state index contributed by atoms with van der Waals surface area (Å²) < 4.78 is 2.29. The van der Waals surface area contributed by atoms with Crippen LogP contribution in [0.5, 0.6) is 0 Å².